The average Bonchev–Trinajstić information content (AvgIpc) is 2.80. The first-order valence-electron chi connectivity index (χ1n) is 12.1. The third kappa shape index (κ3) is 4.61. The van der Waals surface area contributed by atoms with Crippen LogP contribution in [0, 0.1) is 0 Å². The molecule has 7 nitrogen and oxygen atoms in total. The smallest absolute Gasteiger partial charge is 0.411 e. The zero-order chi connectivity index (χ0) is 25.2. The van der Waals surface area contributed by atoms with Gasteiger partial charge < -0.3 is 9.47 Å². The number of carbonyl (C=O) groups is 2. The van der Waals surface area contributed by atoms with Crippen LogP contribution in [0.4, 0.5) is 21.9 Å². The first-order valence-corrected chi connectivity index (χ1v) is 10.4. The lowest BCUT2D eigenvalue weighted by atomic mass is 10.2. The van der Waals surface area contributed by atoms with E-state index >= 15 is 0 Å². The molecule has 2 aromatic rings. The molecule has 158 valence electrons. The topological polar surface area (TPSA) is 71.1 Å². The molecule has 0 bridgehead atoms. The van der Waals surface area contributed by atoms with Crippen molar-refractivity contribution in [3.05, 3.63) is 42.5 Å². The van der Waals surface area contributed by atoms with Gasteiger partial charge in [-0.2, -0.15) is 0 Å². The molecular formula is C22H25N3O4S. The number of carbonyl (C=O) groups excluding carboxylic acids is 2. The molecular weight excluding hydrogens is 402 g/mol. The highest BCUT2D eigenvalue weighted by molar-refractivity contribution is 7.99. The van der Waals surface area contributed by atoms with E-state index in [0.29, 0.717) is 25.4 Å². The number of hydrogen-bond acceptors (Lipinski definition) is 6. The second kappa shape index (κ2) is 9.51. The average molecular weight is 433 g/mol. The van der Waals surface area contributed by atoms with Crippen LogP contribution in [-0.4, -0.2) is 56.3 Å². The van der Waals surface area contributed by atoms with Crippen molar-refractivity contribution in [2.24, 2.45) is 0 Å². The Balaban J connectivity index is 1.56. The fourth-order valence-corrected chi connectivity index (χ4v) is 4.52. The van der Waals surface area contributed by atoms with Crippen molar-refractivity contribution in [1.29, 1.82) is 0 Å². The number of para-hydroxylation sites is 1. The van der Waals surface area contributed by atoms with Crippen molar-refractivity contribution in [1.82, 2.24) is 4.90 Å². The van der Waals surface area contributed by atoms with Gasteiger partial charge >= 0.3 is 6.09 Å². The van der Waals surface area contributed by atoms with E-state index in [1.54, 1.807) is 23.1 Å². The molecule has 1 saturated heterocycles. The van der Waals surface area contributed by atoms with Gasteiger partial charge in [0.1, 0.15) is 0 Å². The number of amides is 2. The van der Waals surface area contributed by atoms with Gasteiger partial charge in [0.05, 0.1) is 33.9 Å². The van der Waals surface area contributed by atoms with Gasteiger partial charge in [0, 0.05) is 45.6 Å². The highest BCUT2D eigenvalue weighted by Crippen LogP contribution is 2.49. The van der Waals surface area contributed by atoms with Crippen LogP contribution in [0.25, 0.3) is 0 Å². The summed E-state index contributed by atoms with van der Waals surface area (Å²) in [6.45, 7) is -2.86. The fraction of sp³-hybridized carbons (Fsp3) is 0.364. The van der Waals surface area contributed by atoms with Gasteiger partial charge in [0.15, 0.2) is 0 Å². The molecule has 0 atom stereocenters. The maximum atomic E-state index is 13.4. The molecule has 1 fully saturated rings. The number of benzene rings is 2. The van der Waals surface area contributed by atoms with Crippen LogP contribution in [-0.2, 0) is 14.3 Å². The van der Waals surface area contributed by atoms with Gasteiger partial charge in [-0.15, -0.1) is 0 Å². The lowest BCUT2D eigenvalue weighted by molar-refractivity contribution is -0.118. The predicted molar refractivity (Wildman–Crippen MR) is 117 cm³/mol. The molecule has 0 saturated carbocycles. The summed E-state index contributed by atoms with van der Waals surface area (Å²) in [5.41, 5.74) is 1.54. The maximum Gasteiger partial charge on any atom is 0.411 e. The fourth-order valence-electron chi connectivity index (χ4n) is 3.48. The van der Waals surface area contributed by atoms with Crippen molar-refractivity contribution in [2.75, 3.05) is 49.6 Å². The van der Waals surface area contributed by atoms with Crippen molar-refractivity contribution in [3.8, 4) is 0 Å². The van der Waals surface area contributed by atoms with Gasteiger partial charge in [0.2, 0.25) is 5.91 Å². The summed E-state index contributed by atoms with van der Waals surface area (Å²) in [6.07, 6.45) is -0.961. The third-order valence-electron chi connectivity index (χ3n) is 4.91. The van der Waals surface area contributed by atoms with Crippen LogP contribution < -0.4 is 10.2 Å². The van der Waals surface area contributed by atoms with Gasteiger partial charge in [-0.25, -0.2) is 4.79 Å². The molecule has 0 spiro atoms. The van der Waals surface area contributed by atoms with Gasteiger partial charge in [-0.05, 0) is 37.2 Å². The Morgan fingerprint density at radius 1 is 1.20 bits per heavy atom. The summed E-state index contributed by atoms with van der Waals surface area (Å²) in [5, 5.41) is 2.37. The van der Waals surface area contributed by atoms with Crippen LogP contribution in [0.5, 0.6) is 0 Å². The molecule has 2 amide bonds. The zero-order valence-electron chi connectivity index (χ0n) is 21.2. The Morgan fingerprint density at radius 2 is 2.00 bits per heavy atom. The molecule has 0 aromatic heterocycles. The highest BCUT2D eigenvalue weighted by Gasteiger charge is 2.29. The highest BCUT2D eigenvalue weighted by atomic mass is 32.2. The lowest BCUT2D eigenvalue weighted by Crippen LogP contribution is -2.39. The lowest BCUT2D eigenvalue weighted by Gasteiger charge is -2.32. The quantitative estimate of drug-likeness (QED) is 0.767. The van der Waals surface area contributed by atoms with Crippen LogP contribution in [0.1, 0.15) is 20.1 Å². The number of nitrogens with one attached hydrogen (secondary N) is 1. The number of nitrogens with zero attached hydrogens (tertiary/aromatic N) is 2. The van der Waals surface area contributed by atoms with Crippen LogP contribution in [0.15, 0.2) is 52.3 Å². The van der Waals surface area contributed by atoms with Crippen LogP contribution in [0.3, 0.4) is 0 Å². The van der Waals surface area contributed by atoms with Crippen molar-refractivity contribution >= 4 is 40.8 Å². The van der Waals surface area contributed by atoms with E-state index in [9.17, 15) is 9.59 Å². The maximum absolute atomic E-state index is 13.4. The zero-order valence-corrected chi connectivity index (χ0v) is 17.0. The largest absolute Gasteiger partial charge is 0.450 e. The molecule has 8 heteroatoms. The van der Waals surface area contributed by atoms with Crippen molar-refractivity contribution in [2.45, 2.75) is 23.1 Å². The predicted octanol–water partition coefficient (Wildman–Crippen LogP) is 4.11. The second-order valence-electron chi connectivity index (χ2n) is 6.80. The van der Waals surface area contributed by atoms with Gasteiger partial charge in [0.25, 0.3) is 0 Å². The second-order valence-corrected chi connectivity index (χ2v) is 7.89. The van der Waals surface area contributed by atoms with Gasteiger partial charge in [-0.3, -0.25) is 19.9 Å². The standard InChI is InChI=1S/C22H25N3O4S/c1-2-29-22(27)23-16-7-8-20-18(15-16)25(17-5-3-4-6-19(17)30-20)21(26)9-10-24-11-13-28-14-12-24/h3-8,15H,2,9-14H2,1H3,(H,23,27)/i1D3,2D2. The third-order valence-corrected chi connectivity index (χ3v) is 6.04. The molecule has 0 unspecified atom stereocenters. The normalized spacial score (nSPS) is 19.2. The van der Waals surface area contributed by atoms with E-state index < -0.39 is 19.5 Å². The summed E-state index contributed by atoms with van der Waals surface area (Å²) in [4.78, 5) is 31.2. The summed E-state index contributed by atoms with van der Waals surface area (Å²) in [7, 11) is 0. The summed E-state index contributed by atoms with van der Waals surface area (Å²) >= 11 is 1.49. The Labute approximate surface area is 187 Å². The van der Waals surface area contributed by atoms with Crippen molar-refractivity contribution in [3.63, 3.8) is 0 Å². The number of rotatable bonds is 5. The minimum absolute atomic E-state index is 0.107. The number of fused-ring (bicyclic) bond motifs is 2. The molecule has 2 aliphatic heterocycles. The molecule has 1 N–H and O–H groups in total. The van der Waals surface area contributed by atoms with E-state index in [4.69, 9.17) is 11.6 Å². The molecule has 2 heterocycles. The Morgan fingerprint density at radius 3 is 2.83 bits per heavy atom. The molecule has 30 heavy (non-hydrogen) atoms. The van der Waals surface area contributed by atoms with E-state index in [-0.39, 0.29) is 18.0 Å². The Hall–Kier alpha value is -2.55. The van der Waals surface area contributed by atoms with Crippen LogP contribution >= 0.6 is 11.8 Å². The molecule has 4 rings (SSSR count). The number of hydrogen-bond donors (Lipinski definition) is 1. The first kappa shape index (κ1) is 15.3. The molecule has 2 aliphatic rings. The number of anilines is 3. The van der Waals surface area contributed by atoms with E-state index in [1.165, 1.54) is 11.8 Å². The molecule has 2 aromatic carbocycles. The molecule has 0 radical (unpaired) electrons. The number of ether oxygens (including phenoxy) is 2. The van der Waals surface area contributed by atoms with Crippen LogP contribution in [0.2, 0.25) is 0 Å². The first-order chi connectivity index (χ1) is 16.5. The van der Waals surface area contributed by atoms with E-state index in [2.05, 4.69) is 15.0 Å². The SMILES string of the molecule is [2H]C([2H])([2H])C([2H])([2H])OC(=O)Nc1ccc2c(c1)N(C(=O)CCN1CCOCC1)c1ccccc1S2. The Bertz CT molecular complexity index is 1110. The molecule has 0 aliphatic carbocycles. The van der Waals surface area contributed by atoms with Crippen molar-refractivity contribution < 1.29 is 25.9 Å². The van der Waals surface area contributed by atoms with E-state index in [0.717, 1.165) is 28.6 Å². The van der Waals surface area contributed by atoms with Gasteiger partial charge in [-0.1, -0.05) is 23.9 Å². The Kier molecular flexibility index (Phi) is 4.84. The minimum atomic E-state index is -3.15. The number of morpholine rings is 1. The van der Waals surface area contributed by atoms with E-state index in [1.807, 2.05) is 24.3 Å². The monoisotopic (exact) mass is 432 g/mol. The summed E-state index contributed by atoms with van der Waals surface area (Å²) in [5.74, 6) is -0.107. The summed E-state index contributed by atoms with van der Waals surface area (Å²) in [6, 6.07) is 12.5. The minimum Gasteiger partial charge on any atom is -0.450 e. The summed E-state index contributed by atoms with van der Waals surface area (Å²) < 4.78 is 46.4.